The number of thiophene rings is 1. The molecule has 1 amide bonds. The van der Waals surface area contributed by atoms with Crippen molar-refractivity contribution in [2.45, 2.75) is 59.4 Å². The van der Waals surface area contributed by atoms with Gasteiger partial charge in [0, 0.05) is 18.0 Å². The predicted molar refractivity (Wildman–Crippen MR) is 102 cm³/mol. The summed E-state index contributed by atoms with van der Waals surface area (Å²) in [5, 5.41) is 0.750. The second-order valence-corrected chi connectivity index (χ2v) is 8.17. The molecule has 25 heavy (non-hydrogen) atoms. The Bertz CT molecular complexity index is 818. The van der Waals surface area contributed by atoms with Crippen molar-refractivity contribution < 1.29 is 4.79 Å². The minimum absolute atomic E-state index is 0.00432. The topological polar surface area (TPSA) is 55.2 Å². The minimum atomic E-state index is -0.0571. The van der Waals surface area contributed by atoms with Crippen molar-refractivity contribution >= 4 is 27.5 Å². The van der Waals surface area contributed by atoms with E-state index in [2.05, 4.69) is 25.8 Å². The van der Waals surface area contributed by atoms with Crippen LogP contribution in [0.2, 0.25) is 0 Å². The molecule has 2 aromatic heterocycles. The largest absolute Gasteiger partial charge is 0.341 e. The third kappa shape index (κ3) is 3.64. The van der Waals surface area contributed by atoms with Gasteiger partial charge in [-0.25, -0.2) is 4.98 Å². The lowest BCUT2D eigenvalue weighted by Crippen LogP contribution is -2.37. The van der Waals surface area contributed by atoms with Crippen LogP contribution in [0.4, 0.5) is 0 Å². The molecule has 0 spiro atoms. The fourth-order valence-corrected chi connectivity index (χ4v) is 4.97. The van der Waals surface area contributed by atoms with Crippen LogP contribution in [-0.4, -0.2) is 33.4 Å². The van der Waals surface area contributed by atoms with E-state index in [1.807, 2.05) is 4.90 Å². The zero-order chi connectivity index (χ0) is 18.0. The molecule has 0 saturated heterocycles. The number of fused-ring (bicyclic) bond motifs is 3. The third-order valence-corrected chi connectivity index (χ3v) is 6.09. The van der Waals surface area contributed by atoms with Crippen LogP contribution in [0.1, 0.15) is 50.5 Å². The minimum Gasteiger partial charge on any atom is -0.341 e. The molecule has 136 valence electrons. The summed E-state index contributed by atoms with van der Waals surface area (Å²) in [5.74, 6) is 0.672. The molecule has 0 radical (unpaired) electrons. The lowest BCUT2D eigenvalue weighted by atomic mass is 9.89. The van der Waals surface area contributed by atoms with Gasteiger partial charge in [-0.3, -0.25) is 14.2 Å². The van der Waals surface area contributed by atoms with Gasteiger partial charge in [0.05, 0.1) is 11.7 Å². The summed E-state index contributed by atoms with van der Waals surface area (Å²) in [6.07, 6.45) is 6.50. The molecule has 5 nitrogen and oxygen atoms in total. The molecule has 0 N–H and O–H groups in total. The molecule has 1 aliphatic rings. The maximum atomic E-state index is 13.0. The van der Waals surface area contributed by atoms with E-state index in [0.29, 0.717) is 5.92 Å². The quantitative estimate of drug-likeness (QED) is 0.794. The van der Waals surface area contributed by atoms with Crippen molar-refractivity contribution in [1.82, 2.24) is 14.5 Å². The van der Waals surface area contributed by atoms with Crippen molar-refractivity contribution in [1.29, 1.82) is 0 Å². The summed E-state index contributed by atoms with van der Waals surface area (Å²) in [4.78, 5) is 34.0. The van der Waals surface area contributed by atoms with Crippen molar-refractivity contribution in [2.75, 3.05) is 13.1 Å². The summed E-state index contributed by atoms with van der Waals surface area (Å²) < 4.78 is 1.49. The SMILES string of the molecule is CCCN(CCC)C(=O)Cn1cnc2sc3c(c2c1=O)CC[C@@H](C)C3. The summed E-state index contributed by atoms with van der Waals surface area (Å²) in [5.41, 5.74) is 1.12. The van der Waals surface area contributed by atoms with E-state index >= 15 is 0 Å². The summed E-state index contributed by atoms with van der Waals surface area (Å²) in [6, 6.07) is 0. The van der Waals surface area contributed by atoms with E-state index in [4.69, 9.17) is 0 Å². The number of aromatic nitrogens is 2. The first-order valence-electron chi connectivity index (χ1n) is 9.32. The van der Waals surface area contributed by atoms with Crippen molar-refractivity contribution in [3.63, 3.8) is 0 Å². The van der Waals surface area contributed by atoms with Gasteiger partial charge in [0.25, 0.3) is 5.56 Å². The summed E-state index contributed by atoms with van der Waals surface area (Å²) in [7, 11) is 0. The molecule has 1 aliphatic carbocycles. The van der Waals surface area contributed by atoms with Crippen LogP contribution < -0.4 is 5.56 Å². The van der Waals surface area contributed by atoms with Gasteiger partial charge >= 0.3 is 0 Å². The van der Waals surface area contributed by atoms with Crippen LogP contribution in [0.3, 0.4) is 0 Å². The molecular formula is C19H27N3O2S. The van der Waals surface area contributed by atoms with E-state index in [1.54, 1.807) is 17.7 Å². The molecule has 0 unspecified atom stereocenters. The lowest BCUT2D eigenvalue weighted by molar-refractivity contribution is -0.132. The van der Waals surface area contributed by atoms with Crippen molar-refractivity contribution in [3.8, 4) is 0 Å². The number of hydrogen-bond acceptors (Lipinski definition) is 4. The molecular weight excluding hydrogens is 334 g/mol. The molecule has 0 fully saturated rings. The van der Waals surface area contributed by atoms with Crippen LogP contribution >= 0.6 is 11.3 Å². The van der Waals surface area contributed by atoms with E-state index in [1.165, 1.54) is 15.0 Å². The van der Waals surface area contributed by atoms with Gasteiger partial charge in [-0.1, -0.05) is 20.8 Å². The first-order valence-corrected chi connectivity index (χ1v) is 10.1. The summed E-state index contributed by atoms with van der Waals surface area (Å²) >= 11 is 1.65. The van der Waals surface area contributed by atoms with Crippen LogP contribution in [-0.2, 0) is 24.2 Å². The Balaban J connectivity index is 1.91. The van der Waals surface area contributed by atoms with Gasteiger partial charge < -0.3 is 4.90 Å². The maximum absolute atomic E-state index is 13.0. The van der Waals surface area contributed by atoms with E-state index in [-0.39, 0.29) is 18.0 Å². The van der Waals surface area contributed by atoms with Crippen LogP contribution in [0.15, 0.2) is 11.1 Å². The van der Waals surface area contributed by atoms with E-state index in [0.717, 1.165) is 55.4 Å². The van der Waals surface area contributed by atoms with Gasteiger partial charge in [0.2, 0.25) is 5.91 Å². The number of carbonyl (C=O) groups is 1. The molecule has 1 atom stereocenters. The van der Waals surface area contributed by atoms with Gasteiger partial charge in [0.15, 0.2) is 0 Å². The molecule has 0 aliphatic heterocycles. The molecule has 0 aromatic carbocycles. The van der Waals surface area contributed by atoms with Crippen molar-refractivity contribution in [3.05, 3.63) is 27.1 Å². The maximum Gasteiger partial charge on any atom is 0.262 e. The standard InChI is InChI=1S/C19H27N3O2S/c1-4-8-21(9-5-2)16(23)11-22-12-20-18-17(19(22)24)14-7-6-13(3)10-15(14)25-18/h12-13H,4-11H2,1-3H3/t13-/m1/s1. The predicted octanol–water partition coefficient (Wildman–Crippen LogP) is 3.23. The normalized spacial score (nSPS) is 16.8. The highest BCUT2D eigenvalue weighted by atomic mass is 32.1. The van der Waals surface area contributed by atoms with Gasteiger partial charge in [-0.2, -0.15) is 0 Å². The highest BCUT2D eigenvalue weighted by molar-refractivity contribution is 7.18. The number of carbonyl (C=O) groups excluding carboxylic acids is 1. The highest BCUT2D eigenvalue weighted by Crippen LogP contribution is 2.35. The Morgan fingerprint density at radius 3 is 2.76 bits per heavy atom. The number of nitrogens with zero attached hydrogens (tertiary/aromatic N) is 3. The second-order valence-electron chi connectivity index (χ2n) is 7.09. The Hall–Kier alpha value is -1.69. The molecule has 2 heterocycles. The Morgan fingerprint density at radius 1 is 1.36 bits per heavy atom. The average Bonchev–Trinajstić information content (AvgIpc) is 2.95. The van der Waals surface area contributed by atoms with Crippen molar-refractivity contribution in [2.24, 2.45) is 5.92 Å². The number of amides is 1. The highest BCUT2D eigenvalue weighted by Gasteiger charge is 2.23. The Labute approximate surface area is 152 Å². The monoisotopic (exact) mass is 361 g/mol. The zero-order valence-electron chi connectivity index (χ0n) is 15.4. The molecule has 0 bridgehead atoms. The Morgan fingerprint density at radius 2 is 2.08 bits per heavy atom. The van der Waals surface area contributed by atoms with Crippen LogP contribution in [0.25, 0.3) is 10.2 Å². The van der Waals surface area contributed by atoms with Gasteiger partial charge in [-0.05, 0) is 43.6 Å². The fraction of sp³-hybridized carbons (Fsp3) is 0.632. The lowest BCUT2D eigenvalue weighted by Gasteiger charge is -2.21. The molecule has 3 rings (SSSR count). The van der Waals surface area contributed by atoms with E-state index in [9.17, 15) is 9.59 Å². The Kier molecular flexibility index (Phi) is 5.57. The molecule has 2 aromatic rings. The first-order chi connectivity index (χ1) is 12.0. The van der Waals surface area contributed by atoms with Gasteiger partial charge in [-0.15, -0.1) is 11.3 Å². The van der Waals surface area contributed by atoms with Gasteiger partial charge in [0.1, 0.15) is 11.4 Å². The zero-order valence-corrected chi connectivity index (χ0v) is 16.2. The first kappa shape index (κ1) is 18.1. The van der Waals surface area contributed by atoms with E-state index < -0.39 is 0 Å². The van der Waals surface area contributed by atoms with Crippen LogP contribution in [0, 0.1) is 5.92 Å². The summed E-state index contributed by atoms with van der Waals surface area (Å²) in [6.45, 7) is 7.95. The smallest absolute Gasteiger partial charge is 0.262 e. The molecule has 0 saturated carbocycles. The van der Waals surface area contributed by atoms with Crippen LogP contribution in [0.5, 0.6) is 0 Å². The average molecular weight is 362 g/mol. The fourth-order valence-electron chi connectivity index (χ4n) is 3.63. The number of aryl methyl sites for hydroxylation is 1. The second kappa shape index (κ2) is 7.68. The number of rotatable bonds is 6. The molecule has 6 heteroatoms. The number of hydrogen-bond donors (Lipinski definition) is 0. The third-order valence-electron chi connectivity index (χ3n) is 4.93.